The topological polar surface area (TPSA) is 52.6 Å². The Morgan fingerprint density at radius 2 is 1.81 bits per heavy atom. The van der Waals surface area contributed by atoms with Crippen molar-refractivity contribution in [1.29, 1.82) is 0 Å². The summed E-state index contributed by atoms with van der Waals surface area (Å²) in [5.74, 6) is -0.210. The minimum atomic E-state index is -0.825. The number of aliphatic hydroxyl groups excluding tert-OH is 1. The smallest absolute Gasteiger partial charge is 0.254 e. The van der Waals surface area contributed by atoms with Gasteiger partial charge in [-0.15, -0.1) is 0 Å². The number of anilines is 2. The Labute approximate surface area is 159 Å². The van der Waals surface area contributed by atoms with Gasteiger partial charge in [0.1, 0.15) is 6.23 Å². The van der Waals surface area contributed by atoms with E-state index in [2.05, 4.69) is 5.32 Å². The van der Waals surface area contributed by atoms with Crippen LogP contribution in [0, 0.1) is 5.92 Å². The quantitative estimate of drug-likeness (QED) is 0.745. The van der Waals surface area contributed by atoms with E-state index in [0.717, 1.165) is 37.1 Å². The fraction of sp³-hybridized carbons (Fsp3) is 0.381. The second-order valence-electron chi connectivity index (χ2n) is 6.88. The maximum Gasteiger partial charge on any atom is 0.254 e. The Bertz CT molecular complexity index is 745. The zero-order chi connectivity index (χ0) is 18.5. The number of carbonyl (C=O) groups excluding carboxylic acids is 1. The third-order valence-corrected chi connectivity index (χ3v) is 5.43. The number of amides is 1. The van der Waals surface area contributed by atoms with Crippen LogP contribution in [0.5, 0.6) is 0 Å². The van der Waals surface area contributed by atoms with Crippen molar-refractivity contribution in [2.75, 3.05) is 11.9 Å². The van der Waals surface area contributed by atoms with Crippen LogP contribution in [0.25, 0.3) is 0 Å². The van der Waals surface area contributed by atoms with Crippen LogP contribution in [0.1, 0.15) is 42.5 Å². The lowest BCUT2D eigenvalue weighted by molar-refractivity contribution is 0.0463. The van der Waals surface area contributed by atoms with E-state index in [1.54, 1.807) is 12.1 Å². The number of aliphatic hydroxyl groups is 1. The number of carbonyl (C=O) groups is 1. The number of hydrogen-bond donors (Lipinski definition) is 2. The number of halogens is 1. The summed E-state index contributed by atoms with van der Waals surface area (Å²) in [5, 5.41) is 13.5. The molecule has 0 aliphatic heterocycles. The third kappa shape index (κ3) is 4.37. The fourth-order valence-electron chi connectivity index (χ4n) is 3.48. The molecule has 138 valence electrons. The molecule has 1 unspecified atom stereocenters. The molecule has 0 saturated heterocycles. The van der Waals surface area contributed by atoms with Crippen molar-refractivity contribution < 1.29 is 9.90 Å². The van der Waals surface area contributed by atoms with Crippen LogP contribution in [-0.4, -0.2) is 24.3 Å². The van der Waals surface area contributed by atoms with Crippen molar-refractivity contribution in [3.8, 4) is 0 Å². The molecule has 0 spiro atoms. The van der Waals surface area contributed by atoms with Crippen LogP contribution < -0.4 is 10.2 Å². The lowest BCUT2D eigenvalue weighted by Gasteiger charge is -2.27. The molecule has 1 fully saturated rings. The lowest BCUT2D eigenvalue weighted by Crippen LogP contribution is -2.41. The van der Waals surface area contributed by atoms with Gasteiger partial charge in [0.05, 0.1) is 10.6 Å². The molecular weight excluding hydrogens is 348 g/mol. The molecule has 0 radical (unpaired) electrons. The SMILES string of the molecule is CN(c1ccccc1)c1ccc(Cl)c(C(=O)NC(O)C2CCCCC2)c1. The second-order valence-corrected chi connectivity index (χ2v) is 7.28. The molecule has 0 heterocycles. The molecule has 2 aromatic carbocycles. The van der Waals surface area contributed by atoms with Gasteiger partial charge in [0.2, 0.25) is 0 Å². The predicted octanol–water partition coefficient (Wildman–Crippen LogP) is 4.74. The summed E-state index contributed by atoms with van der Waals surface area (Å²) in [6.45, 7) is 0. The van der Waals surface area contributed by atoms with Gasteiger partial charge in [0.15, 0.2) is 0 Å². The van der Waals surface area contributed by atoms with Gasteiger partial charge in [-0.25, -0.2) is 0 Å². The van der Waals surface area contributed by atoms with Crippen molar-refractivity contribution >= 4 is 28.9 Å². The monoisotopic (exact) mass is 372 g/mol. The average Bonchev–Trinajstić information content (AvgIpc) is 2.69. The number of rotatable bonds is 5. The van der Waals surface area contributed by atoms with Crippen LogP contribution in [0.2, 0.25) is 5.02 Å². The summed E-state index contributed by atoms with van der Waals surface area (Å²) in [6, 6.07) is 15.3. The zero-order valence-electron chi connectivity index (χ0n) is 15.0. The van der Waals surface area contributed by atoms with Crippen molar-refractivity contribution in [2.45, 2.75) is 38.3 Å². The first-order valence-electron chi connectivity index (χ1n) is 9.13. The highest BCUT2D eigenvalue weighted by Crippen LogP contribution is 2.29. The van der Waals surface area contributed by atoms with Crippen molar-refractivity contribution in [3.63, 3.8) is 0 Å². The minimum Gasteiger partial charge on any atom is -0.373 e. The first-order valence-corrected chi connectivity index (χ1v) is 9.51. The van der Waals surface area contributed by atoms with Crippen molar-refractivity contribution in [3.05, 3.63) is 59.1 Å². The van der Waals surface area contributed by atoms with Crippen molar-refractivity contribution in [1.82, 2.24) is 5.32 Å². The third-order valence-electron chi connectivity index (χ3n) is 5.10. The van der Waals surface area contributed by atoms with Gasteiger partial charge in [0, 0.05) is 24.3 Å². The van der Waals surface area contributed by atoms with Gasteiger partial charge in [-0.2, -0.15) is 0 Å². The summed E-state index contributed by atoms with van der Waals surface area (Å²) in [4.78, 5) is 14.6. The van der Waals surface area contributed by atoms with Gasteiger partial charge >= 0.3 is 0 Å². The predicted molar refractivity (Wildman–Crippen MR) is 106 cm³/mol. The maximum absolute atomic E-state index is 12.7. The minimum absolute atomic E-state index is 0.127. The van der Waals surface area contributed by atoms with E-state index in [1.807, 2.05) is 48.3 Å². The Morgan fingerprint density at radius 1 is 1.12 bits per heavy atom. The average molecular weight is 373 g/mol. The van der Waals surface area contributed by atoms with Gasteiger partial charge in [-0.3, -0.25) is 4.79 Å². The van der Waals surface area contributed by atoms with E-state index in [9.17, 15) is 9.90 Å². The molecule has 0 aromatic heterocycles. The van der Waals surface area contributed by atoms with E-state index in [1.165, 1.54) is 6.42 Å². The summed E-state index contributed by atoms with van der Waals surface area (Å²) >= 11 is 6.25. The molecule has 5 heteroatoms. The maximum atomic E-state index is 12.7. The molecule has 0 bridgehead atoms. The Kier molecular flexibility index (Phi) is 6.17. The second kappa shape index (κ2) is 8.56. The summed E-state index contributed by atoms with van der Waals surface area (Å²) in [5.41, 5.74) is 2.25. The standard InChI is InChI=1S/C21H25ClN2O2/c1-24(16-10-6-3-7-11-16)17-12-13-19(22)18(14-17)21(26)23-20(25)15-8-4-2-5-9-15/h3,6-7,10-15,20,25H,2,4-5,8-9H2,1H3,(H,23,26). The summed E-state index contributed by atoms with van der Waals surface area (Å²) in [7, 11) is 1.94. The number of nitrogens with zero attached hydrogens (tertiary/aromatic N) is 1. The van der Waals surface area contributed by atoms with Crippen LogP contribution in [0.4, 0.5) is 11.4 Å². The van der Waals surface area contributed by atoms with E-state index in [-0.39, 0.29) is 11.8 Å². The van der Waals surface area contributed by atoms with Gasteiger partial charge in [-0.05, 0) is 43.2 Å². The molecule has 2 aromatic rings. The molecule has 1 aliphatic carbocycles. The van der Waals surface area contributed by atoms with E-state index >= 15 is 0 Å². The molecule has 1 saturated carbocycles. The van der Waals surface area contributed by atoms with Gasteiger partial charge < -0.3 is 15.3 Å². The molecule has 1 atom stereocenters. The Hall–Kier alpha value is -2.04. The lowest BCUT2D eigenvalue weighted by atomic mass is 9.88. The van der Waals surface area contributed by atoms with Gasteiger partial charge in [0.25, 0.3) is 5.91 Å². The zero-order valence-corrected chi connectivity index (χ0v) is 15.7. The van der Waals surface area contributed by atoms with E-state index in [0.29, 0.717) is 10.6 Å². The van der Waals surface area contributed by atoms with Crippen LogP contribution >= 0.6 is 11.6 Å². The van der Waals surface area contributed by atoms with Gasteiger partial charge in [-0.1, -0.05) is 49.1 Å². The summed E-state index contributed by atoms with van der Waals surface area (Å²) < 4.78 is 0. The Balaban J connectivity index is 1.75. The Morgan fingerprint density at radius 3 is 2.50 bits per heavy atom. The van der Waals surface area contributed by atoms with Crippen molar-refractivity contribution in [2.24, 2.45) is 5.92 Å². The molecule has 1 aliphatic rings. The highest BCUT2D eigenvalue weighted by molar-refractivity contribution is 6.34. The van der Waals surface area contributed by atoms with Crippen LogP contribution in [0.15, 0.2) is 48.5 Å². The molecular formula is C21H25ClN2O2. The molecule has 1 amide bonds. The van der Waals surface area contributed by atoms with Crippen LogP contribution in [0.3, 0.4) is 0 Å². The molecule has 26 heavy (non-hydrogen) atoms. The largest absolute Gasteiger partial charge is 0.373 e. The van der Waals surface area contributed by atoms with E-state index in [4.69, 9.17) is 11.6 Å². The summed E-state index contributed by atoms with van der Waals surface area (Å²) in [6.07, 6.45) is 4.49. The number of nitrogens with one attached hydrogen (secondary N) is 1. The highest BCUT2D eigenvalue weighted by Gasteiger charge is 2.24. The number of benzene rings is 2. The molecule has 3 rings (SSSR count). The fourth-order valence-corrected chi connectivity index (χ4v) is 3.68. The number of hydrogen-bond acceptors (Lipinski definition) is 3. The first-order chi connectivity index (χ1) is 12.6. The van der Waals surface area contributed by atoms with E-state index < -0.39 is 6.23 Å². The molecule has 4 nitrogen and oxygen atoms in total. The van der Waals surface area contributed by atoms with Crippen LogP contribution in [-0.2, 0) is 0 Å². The highest BCUT2D eigenvalue weighted by atomic mass is 35.5. The number of para-hydroxylation sites is 1. The normalized spacial score (nSPS) is 16.1. The molecule has 2 N–H and O–H groups in total. The first kappa shape index (κ1) is 18.7.